The van der Waals surface area contributed by atoms with Gasteiger partial charge in [0.2, 0.25) is 0 Å². The molecule has 4 nitrogen and oxygen atoms in total. The third-order valence-electron chi connectivity index (χ3n) is 2.42. The van der Waals surface area contributed by atoms with E-state index in [1.165, 1.54) is 19.2 Å². The number of hydrogen-bond donors (Lipinski definition) is 2. The number of methoxy groups -OCH3 is 1. The van der Waals surface area contributed by atoms with Crippen LogP contribution in [-0.2, 0) is 9.53 Å². The topological polar surface area (TPSA) is 58.6 Å². The molecule has 0 bridgehead atoms. The molecule has 19 heavy (non-hydrogen) atoms. The molecule has 1 rings (SSSR count). The van der Waals surface area contributed by atoms with Crippen molar-refractivity contribution in [3.05, 3.63) is 29.6 Å². The molecule has 0 heterocycles. The SMILES string of the molecule is COC(C)C(=O)Nc1ccc(C#CCCO)cc1F. The Morgan fingerprint density at radius 2 is 2.32 bits per heavy atom. The Morgan fingerprint density at radius 3 is 2.89 bits per heavy atom. The van der Waals surface area contributed by atoms with Gasteiger partial charge < -0.3 is 15.2 Å². The number of carbonyl (C=O) groups is 1. The van der Waals surface area contributed by atoms with Crippen LogP contribution in [0.2, 0.25) is 0 Å². The first-order chi connectivity index (χ1) is 9.08. The van der Waals surface area contributed by atoms with Crippen LogP contribution in [0.15, 0.2) is 18.2 Å². The standard InChI is InChI=1S/C14H16FNO3/c1-10(19-2)14(18)16-13-7-6-11(9-12(13)15)5-3-4-8-17/h6-7,9-10,17H,4,8H2,1-2H3,(H,16,18). The molecular weight excluding hydrogens is 249 g/mol. The van der Waals surface area contributed by atoms with Gasteiger partial charge in [-0.05, 0) is 25.1 Å². The van der Waals surface area contributed by atoms with Crippen molar-refractivity contribution in [2.75, 3.05) is 19.0 Å². The molecule has 0 spiro atoms. The first kappa shape index (κ1) is 15.2. The number of benzene rings is 1. The van der Waals surface area contributed by atoms with Crippen molar-refractivity contribution >= 4 is 11.6 Å². The van der Waals surface area contributed by atoms with Crippen LogP contribution >= 0.6 is 0 Å². The normalized spacial score (nSPS) is 11.4. The summed E-state index contributed by atoms with van der Waals surface area (Å²) in [4.78, 5) is 11.5. The highest BCUT2D eigenvalue weighted by atomic mass is 19.1. The maximum absolute atomic E-state index is 13.7. The zero-order valence-corrected chi connectivity index (χ0v) is 10.9. The summed E-state index contributed by atoms with van der Waals surface area (Å²) in [6.07, 6.45) is -0.311. The van der Waals surface area contributed by atoms with E-state index in [0.29, 0.717) is 12.0 Å². The van der Waals surface area contributed by atoms with E-state index in [0.717, 1.165) is 0 Å². The highest BCUT2D eigenvalue weighted by Crippen LogP contribution is 2.15. The van der Waals surface area contributed by atoms with E-state index in [9.17, 15) is 9.18 Å². The molecule has 0 saturated carbocycles. The first-order valence-corrected chi connectivity index (χ1v) is 5.81. The Bertz CT molecular complexity index is 505. The zero-order valence-electron chi connectivity index (χ0n) is 10.9. The third kappa shape index (κ3) is 4.70. The van der Waals surface area contributed by atoms with Crippen LogP contribution in [0.1, 0.15) is 18.9 Å². The second kappa shape index (κ2) is 7.52. The Kier molecular flexibility index (Phi) is 6.00. The van der Waals surface area contributed by atoms with Gasteiger partial charge in [-0.25, -0.2) is 4.39 Å². The number of anilines is 1. The van der Waals surface area contributed by atoms with Crippen molar-refractivity contribution in [2.45, 2.75) is 19.4 Å². The fraction of sp³-hybridized carbons (Fsp3) is 0.357. The van der Waals surface area contributed by atoms with Gasteiger partial charge in [-0.1, -0.05) is 11.8 Å². The first-order valence-electron chi connectivity index (χ1n) is 5.81. The summed E-state index contributed by atoms with van der Waals surface area (Å²) >= 11 is 0. The van der Waals surface area contributed by atoms with Crippen molar-refractivity contribution in [2.24, 2.45) is 0 Å². The van der Waals surface area contributed by atoms with Crippen molar-refractivity contribution < 1.29 is 19.0 Å². The number of aliphatic hydroxyl groups is 1. The average Bonchev–Trinajstić information content (AvgIpc) is 2.41. The molecule has 1 atom stereocenters. The van der Waals surface area contributed by atoms with Crippen LogP contribution in [0.4, 0.5) is 10.1 Å². The van der Waals surface area contributed by atoms with Crippen molar-refractivity contribution in [3.8, 4) is 11.8 Å². The monoisotopic (exact) mass is 265 g/mol. The lowest BCUT2D eigenvalue weighted by Gasteiger charge is -2.11. The summed E-state index contributed by atoms with van der Waals surface area (Å²) in [7, 11) is 1.40. The summed E-state index contributed by atoms with van der Waals surface area (Å²) in [5, 5.41) is 11.0. The van der Waals surface area contributed by atoms with Crippen LogP contribution in [0.25, 0.3) is 0 Å². The number of amides is 1. The molecule has 0 aromatic heterocycles. The van der Waals surface area contributed by atoms with E-state index < -0.39 is 17.8 Å². The molecule has 0 aliphatic carbocycles. The van der Waals surface area contributed by atoms with Crippen LogP contribution in [0.5, 0.6) is 0 Å². The molecule has 0 aliphatic heterocycles. The zero-order chi connectivity index (χ0) is 14.3. The quantitative estimate of drug-likeness (QED) is 0.812. The minimum atomic E-state index is -0.650. The Labute approximate surface area is 111 Å². The van der Waals surface area contributed by atoms with E-state index in [-0.39, 0.29) is 12.3 Å². The Balaban J connectivity index is 2.78. The number of rotatable bonds is 4. The fourth-order valence-electron chi connectivity index (χ4n) is 1.26. The molecule has 1 aromatic rings. The van der Waals surface area contributed by atoms with Gasteiger partial charge in [0.25, 0.3) is 5.91 Å². The predicted molar refractivity (Wildman–Crippen MR) is 70.1 cm³/mol. The van der Waals surface area contributed by atoms with Gasteiger partial charge in [0.15, 0.2) is 0 Å². The van der Waals surface area contributed by atoms with Gasteiger partial charge in [-0.2, -0.15) is 0 Å². The van der Waals surface area contributed by atoms with Gasteiger partial charge in [0.05, 0.1) is 12.3 Å². The van der Waals surface area contributed by atoms with Gasteiger partial charge in [0.1, 0.15) is 11.9 Å². The molecule has 5 heteroatoms. The van der Waals surface area contributed by atoms with Crippen molar-refractivity contribution in [1.82, 2.24) is 0 Å². The number of carbonyl (C=O) groups excluding carboxylic acids is 1. The Morgan fingerprint density at radius 1 is 1.58 bits per heavy atom. The van der Waals surface area contributed by atoms with E-state index in [1.54, 1.807) is 13.0 Å². The van der Waals surface area contributed by atoms with E-state index in [1.807, 2.05) is 0 Å². The summed E-state index contributed by atoms with van der Waals surface area (Å²) in [5.41, 5.74) is 0.574. The van der Waals surface area contributed by atoms with Gasteiger partial charge in [-0.3, -0.25) is 4.79 Å². The van der Waals surface area contributed by atoms with Crippen LogP contribution < -0.4 is 5.32 Å². The van der Waals surface area contributed by atoms with Crippen LogP contribution in [0.3, 0.4) is 0 Å². The lowest BCUT2D eigenvalue weighted by atomic mass is 10.2. The van der Waals surface area contributed by atoms with E-state index >= 15 is 0 Å². The highest BCUT2D eigenvalue weighted by molar-refractivity contribution is 5.94. The molecule has 102 valence electrons. The average molecular weight is 265 g/mol. The molecule has 0 radical (unpaired) electrons. The van der Waals surface area contributed by atoms with Crippen LogP contribution in [0, 0.1) is 17.7 Å². The minimum Gasteiger partial charge on any atom is -0.395 e. The number of halogens is 1. The van der Waals surface area contributed by atoms with Crippen molar-refractivity contribution in [1.29, 1.82) is 0 Å². The maximum Gasteiger partial charge on any atom is 0.253 e. The molecule has 0 saturated heterocycles. The molecule has 0 fully saturated rings. The second-order valence-corrected chi connectivity index (χ2v) is 3.84. The molecule has 1 aromatic carbocycles. The molecule has 2 N–H and O–H groups in total. The molecule has 1 unspecified atom stereocenters. The third-order valence-corrected chi connectivity index (χ3v) is 2.42. The summed E-state index contributed by atoms with van der Waals surface area (Å²) in [5.74, 6) is 4.43. The lowest BCUT2D eigenvalue weighted by Crippen LogP contribution is -2.26. The molecular formula is C14H16FNO3. The smallest absolute Gasteiger partial charge is 0.253 e. The molecule has 0 aliphatic rings. The van der Waals surface area contributed by atoms with E-state index in [4.69, 9.17) is 9.84 Å². The fourth-order valence-corrected chi connectivity index (χ4v) is 1.26. The lowest BCUT2D eigenvalue weighted by molar-refractivity contribution is -0.124. The molecule has 1 amide bonds. The minimum absolute atomic E-state index is 0.0292. The number of nitrogens with one attached hydrogen (secondary N) is 1. The van der Waals surface area contributed by atoms with E-state index in [2.05, 4.69) is 17.2 Å². The number of hydrogen-bond acceptors (Lipinski definition) is 3. The maximum atomic E-state index is 13.7. The van der Waals surface area contributed by atoms with Crippen LogP contribution in [-0.4, -0.2) is 30.8 Å². The van der Waals surface area contributed by atoms with Gasteiger partial charge in [-0.15, -0.1) is 0 Å². The summed E-state index contributed by atoms with van der Waals surface area (Å²) < 4.78 is 18.5. The summed E-state index contributed by atoms with van der Waals surface area (Å²) in [6.45, 7) is 1.54. The highest BCUT2D eigenvalue weighted by Gasteiger charge is 2.13. The summed E-state index contributed by atoms with van der Waals surface area (Å²) in [6, 6.07) is 4.27. The number of ether oxygens (including phenoxy) is 1. The second-order valence-electron chi connectivity index (χ2n) is 3.84. The number of aliphatic hydroxyl groups excluding tert-OH is 1. The van der Waals surface area contributed by atoms with Gasteiger partial charge in [0, 0.05) is 19.1 Å². The predicted octanol–water partition coefficient (Wildman–Crippen LogP) is 1.53. The Hall–Kier alpha value is -1.90. The van der Waals surface area contributed by atoms with Gasteiger partial charge >= 0.3 is 0 Å². The largest absolute Gasteiger partial charge is 0.395 e. The van der Waals surface area contributed by atoms with Crippen molar-refractivity contribution in [3.63, 3.8) is 0 Å².